The van der Waals surface area contributed by atoms with E-state index in [9.17, 15) is 9.59 Å². The van der Waals surface area contributed by atoms with E-state index in [-0.39, 0.29) is 16.9 Å². The maximum Gasteiger partial charge on any atom is 0.336 e. The second kappa shape index (κ2) is 5.88. The zero-order valence-corrected chi connectivity index (χ0v) is 12.2. The van der Waals surface area contributed by atoms with E-state index >= 15 is 0 Å². The van der Waals surface area contributed by atoms with Crippen molar-refractivity contribution < 1.29 is 19.4 Å². The number of carboxylic acid groups (broad SMARTS) is 1. The van der Waals surface area contributed by atoms with Crippen LogP contribution in [0.3, 0.4) is 0 Å². The second-order valence-corrected chi connectivity index (χ2v) is 4.88. The highest BCUT2D eigenvalue weighted by molar-refractivity contribution is 9.10. The molecule has 0 saturated heterocycles. The van der Waals surface area contributed by atoms with Crippen LogP contribution in [-0.4, -0.2) is 24.0 Å². The summed E-state index contributed by atoms with van der Waals surface area (Å²) in [6, 6.07) is 11.0. The fraction of sp³-hybridized carbons (Fsp3) is 0.0667. The van der Waals surface area contributed by atoms with Crippen molar-refractivity contribution in [2.45, 2.75) is 0 Å². The number of carbonyl (C=O) groups excluding carboxylic acids is 1. The van der Waals surface area contributed by atoms with Gasteiger partial charge in [0.05, 0.1) is 17.1 Å². The summed E-state index contributed by atoms with van der Waals surface area (Å²) >= 11 is 3.30. The molecule has 0 atom stereocenters. The molecule has 2 rings (SSSR count). The first kappa shape index (κ1) is 14.3. The van der Waals surface area contributed by atoms with Gasteiger partial charge < -0.3 is 9.84 Å². The standard InChI is InChI=1S/C15H11BrO4/c1-20-13-7-6-9(8-12(13)16)14(17)10-4-2-3-5-11(10)15(18)19/h2-8H,1H3,(H,18,19). The van der Waals surface area contributed by atoms with Gasteiger partial charge in [0.15, 0.2) is 5.78 Å². The van der Waals surface area contributed by atoms with Crippen molar-refractivity contribution in [2.24, 2.45) is 0 Å². The summed E-state index contributed by atoms with van der Waals surface area (Å²) in [4.78, 5) is 23.5. The number of halogens is 1. The molecule has 102 valence electrons. The number of benzene rings is 2. The topological polar surface area (TPSA) is 63.6 Å². The molecule has 0 heterocycles. The molecule has 0 aliphatic carbocycles. The summed E-state index contributed by atoms with van der Waals surface area (Å²) in [7, 11) is 1.53. The number of methoxy groups -OCH3 is 1. The minimum absolute atomic E-state index is 0.00978. The molecule has 0 fully saturated rings. The van der Waals surface area contributed by atoms with Crippen LogP contribution in [0, 0.1) is 0 Å². The third kappa shape index (κ3) is 2.72. The number of ketones is 1. The summed E-state index contributed by atoms with van der Waals surface area (Å²) in [6.45, 7) is 0. The Balaban J connectivity index is 2.47. The number of hydrogen-bond donors (Lipinski definition) is 1. The molecule has 0 amide bonds. The molecular formula is C15H11BrO4. The maximum absolute atomic E-state index is 12.4. The van der Waals surface area contributed by atoms with Crippen molar-refractivity contribution in [3.05, 3.63) is 63.6 Å². The lowest BCUT2D eigenvalue weighted by molar-refractivity contribution is 0.0693. The van der Waals surface area contributed by atoms with Gasteiger partial charge in [-0.25, -0.2) is 4.79 Å². The van der Waals surface area contributed by atoms with E-state index in [0.717, 1.165) is 0 Å². The Morgan fingerprint density at radius 1 is 1.10 bits per heavy atom. The molecule has 0 saturated carbocycles. The lowest BCUT2D eigenvalue weighted by Crippen LogP contribution is -2.09. The zero-order chi connectivity index (χ0) is 14.7. The van der Waals surface area contributed by atoms with Crippen LogP contribution in [0.1, 0.15) is 26.3 Å². The Kier molecular flexibility index (Phi) is 4.20. The quantitative estimate of drug-likeness (QED) is 0.870. The fourth-order valence-corrected chi connectivity index (χ4v) is 2.37. The molecule has 1 N–H and O–H groups in total. The number of carbonyl (C=O) groups is 2. The molecule has 0 spiro atoms. The van der Waals surface area contributed by atoms with Crippen molar-refractivity contribution in [2.75, 3.05) is 7.11 Å². The third-order valence-electron chi connectivity index (χ3n) is 2.82. The number of ether oxygens (including phenoxy) is 1. The van der Waals surface area contributed by atoms with E-state index in [4.69, 9.17) is 9.84 Å². The Hall–Kier alpha value is -2.14. The molecule has 0 unspecified atom stereocenters. The maximum atomic E-state index is 12.4. The normalized spacial score (nSPS) is 10.1. The number of carboxylic acids is 1. The SMILES string of the molecule is COc1ccc(C(=O)c2ccccc2C(=O)O)cc1Br. The summed E-state index contributed by atoms with van der Waals surface area (Å²) in [5.74, 6) is -0.860. The lowest BCUT2D eigenvalue weighted by Gasteiger charge is -2.07. The van der Waals surface area contributed by atoms with Gasteiger partial charge in [-0.3, -0.25) is 4.79 Å². The van der Waals surface area contributed by atoms with Crippen molar-refractivity contribution in [3.63, 3.8) is 0 Å². The van der Waals surface area contributed by atoms with Crippen LogP contribution in [0.4, 0.5) is 0 Å². The van der Waals surface area contributed by atoms with Gasteiger partial charge >= 0.3 is 5.97 Å². The summed E-state index contributed by atoms with van der Waals surface area (Å²) in [6.07, 6.45) is 0. The van der Waals surface area contributed by atoms with Crippen LogP contribution >= 0.6 is 15.9 Å². The van der Waals surface area contributed by atoms with Crippen molar-refractivity contribution >= 4 is 27.7 Å². The average molecular weight is 335 g/mol. The molecule has 5 heteroatoms. The summed E-state index contributed by atoms with van der Waals surface area (Å²) in [5.41, 5.74) is 0.549. The van der Waals surface area contributed by atoms with E-state index in [1.165, 1.54) is 19.2 Å². The van der Waals surface area contributed by atoms with Gasteiger partial charge in [-0.2, -0.15) is 0 Å². The number of hydrogen-bond acceptors (Lipinski definition) is 3. The molecular weight excluding hydrogens is 324 g/mol. The van der Waals surface area contributed by atoms with E-state index in [1.807, 2.05) is 0 Å². The zero-order valence-electron chi connectivity index (χ0n) is 10.6. The second-order valence-electron chi connectivity index (χ2n) is 4.03. The molecule has 0 aliphatic rings. The van der Waals surface area contributed by atoms with Gasteiger partial charge in [0.25, 0.3) is 0 Å². The Morgan fingerprint density at radius 2 is 1.75 bits per heavy atom. The molecule has 0 bridgehead atoms. The van der Waals surface area contributed by atoms with Crippen molar-refractivity contribution in [3.8, 4) is 5.75 Å². The van der Waals surface area contributed by atoms with E-state index in [0.29, 0.717) is 15.8 Å². The smallest absolute Gasteiger partial charge is 0.336 e. The number of aromatic carboxylic acids is 1. The van der Waals surface area contributed by atoms with Crippen molar-refractivity contribution in [1.29, 1.82) is 0 Å². The first-order valence-corrected chi connectivity index (χ1v) is 6.54. The van der Waals surface area contributed by atoms with Crippen LogP contribution in [0.25, 0.3) is 0 Å². The lowest BCUT2D eigenvalue weighted by atomic mass is 9.98. The van der Waals surface area contributed by atoms with Gasteiger partial charge in [0.2, 0.25) is 0 Å². The molecule has 20 heavy (non-hydrogen) atoms. The summed E-state index contributed by atoms with van der Waals surface area (Å²) in [5, 5.41) is 9.12. The van der Waals surface area contributed by atoms with Crippen molar-refractivity contribution in [1.82, 2.24) is 0 Å². The molecule has 4 nitrogen and oxygen atoms in total. The van der Waals surface area contributed by atoms with E-state index in [1.54, 1.807) is 30.3 Å². The predicted molar refractivity (Wildman–Crippen MR) is 77.5 cm³/mol. The van der Waals surface area contributed by atoms with Gasteiger partial charge in [-0.05, 0) is 40.2 Å². The van der Waals surface area contributed by atoms with Gasteiger partial charge in [0, 0.05) is 11.1 Å². The van der Waals surface area contributed by atoms with Crippen LogP contribution in [0.15, 0.2) is 46.9 Å². The van der Waals surface area contributed by atoms with Crippen LogP contribution in [0.2, 0.25) is 0 Å². The van der Waals surface area contributed by atoms with Gasteiger partial charge in [-0.1, -0.05) is 18.2 Å². The highest BCUT2D eigenvalue weighted by Crippen LogP contribution is 2.27. The molecule has 0 aliphatic heterocycles. The van der Waals surface area contributed by atoms with Crippen LogP contribution < -0.4 is 4.74 Å². The molecule has 0 aromatic heterocycles. The minimum atomic E-state index is -1.12. The Bertz CT molecular complexity index is 679. The monoisotopic (exact) mass is 334 g/mol. The Morgan fingerprint density at radius 3 is 2.30 bits per heavy atom. The minimum Gasteiger partial charge on any atom is -0.496 e. The largest absolute Gasteiger partial charge is 0.496 e. The van der Waals surface area contributed by atoms with Gasteiger partial charge in [0.1, 0.15) is 5.75 Å². The molecule has 2 aromatic rings. The van der Waals surface area contributed by atoms with Crippen LogP contribution in [-0.2, 0) is 0 Å². The average Bonchev–Trinajstić information content (AvgIpc) is 2.46. The van der Waals surface area contributed by atoms with Crippen LogP contribution in [0.5, 0.6) is 5.75 Å². The van der Waals surface area contributed by atoms with Gasteiger partial charge in [-0.15, -0.1) is 0 Å². The molecule has 2 aromatic carbocycles. The fourth-order valence-electron chi connectivity index (χ4n) is 1.83. The molecule has 0 radical (unpaired) electrons. The first-order chi connectivity index (χ1) is 9.54. The third-order valence-corrected chi connectivity index (χ3v) is 3.44. The predicted octanol–water partition coefficient (Wildman–Crippen LogP) is 3.39. The highest BCUT2D eigenvalue weighted by atomic mass is 79.9. The summed E-state index contributed by atoms with van der Waals surface area (Å²) < 4.78 is 5.73. The number of rotatable bonds is 4. The van der Waals surface area contributed by atoms with E-state index < -0.39 is 5.97 Å². The first-order valence-electron chi connectivity index (χ1n) is 5.75. The highest BCUT2D eigenvalue weighted by Gasteiger charge is 2.18. The Labute approximate surface area is 124 Å². The van der Waals surface area contributed by atoms with E-state index in [2.05, 4.69) is 15.9 Å².